The van der Waals surface area contributed by atoms with Crippen molar-refractivity contribution in [2.45, 2.75) is 52.7 Å². The number of carbonyl (C=O) groups is 2. The van der Waals surface area contributed by atoms with Gasteiger partial charge in [-0.2, -0.15) is 0 Å². The molecular formula is C28H32N2O4. The van der Waals surface area contributed by atoms with E-state index >= 15 is 0 Å². The number of carbonyl (C=O) groups excluding carboxylic acids is 1. The van der Waals surface area contributed by atoms with E-state index < -0.39 is 23.7 Å². The molecule has 1 unspecified atom stereocenters. The van der Waals surface area contributed by atoms with E-state index in [1.807, 2.05) is 24.3 Å². The first-order chi connectivity index (χ1) is 16.0. The van der Waals surface area contributed by atoms with Gasteiger partial charge in [0.05, 0.1) is 0 Å². The van der Waals surface area contributed by atoms with Crippen LogP contribution in [0.4, 0.5) is 21.9 Å². The molecule has 6 nitrogen and oxygen atoms in total. The molecule has 0 heterocycles. The molecule has 0 aromatic heterocycles. The smallest absolute Gasteiger partial charge is 0.408 e. The number of benzene rings is 3. The number of aryl methyl sites for hydroxylation is 2. The first-order valence-corrected chi connectivity index (χ1v) is 11.3. The molecule has 0 fully saturated rings. The summed E-state index contributed by atoms with van der Waals surface area (Å²) in [6, 6.07) is 23.2. The number of carboxylic acid groups (broad SMARTS) is 1. The number of ether oxygens (including phenoxy) is 1. The Hall–Kier alpha value is -3.80. The minimum atomic E-state index is -1.11. The Bertz CT molecular complexity index is 1070. The van der Waals surface area contributed by atoms with Crippen molar-refractivity contribution >= 4 is 29.1 Å². The lowest BCUT2D eigenvalue weighted by Crippen LogP contribution is -2.44. The molecule has 0 aliphatic heterocycles. The lowest BCUT2D eigenvalue weighted by atomic mass is 10.0. The van der Waals surface area contributed by atoms with Crippen molar-refractivity contribution in [3.63, 3.8) is 0 Å². The minimum absolute atomic E-state index is 0.143. The third-order valence-corrected chi connectivity index (χ3v) is 5.21. The van der Waals surface area contributed by atoms with E-state index in [0.29, 0.717) is 0 Å². The zero-order valence-electron chi connectivity index (χ0n) is 20.3. The lowest BCUT2D eigenvalue weighted by Gasteiger charge is -2.26. The second-order valence-corrected chi connectivity index (χ2v) is 9.41. The lowest BCUT2D eigenvalue weighted by molar-refractivity contribution is -0.139. The Kier molecular flexibility index (Phi) is 7.61. The number of amides is 1. The molecule has 0 saturated heterocycles. The van der Waals surface area contributed by atoms with Crippen molar-refractivity contribution < 1.29 is 19.4 Å². The Balaban J connectivity index is 1.84. The monoisotopic (exact) mass is 460 g/mol. The van der Waals surface area contributed by atoms with Gasteiger partial charge in [0.2, 0.25) is 0 Å². The summed E-state index contributed by atoms with van der Waals surface area (Å²) in [6.45, 7) is 9.30. The van der Waals surface area contributed by atoms with E-state index in [4.69, 9.17) is 4.74 Å². The van der Waals surface area contributed by atoms with Crippen LogP contribution < -0.4 is 10.2 Å². The highest BCUT2D eigenvalue weighted by Crippen LogP contribution is 2.34. The molecule has 178 valence electrons. The molecule has 3 rings (SSSR count). The molecule has 0 spiro atoms. The van der Waals surface area contributed by atoms with Gasteiger partial charge >= 0.3 is 12.1 Å². The van der Waals surface area contributed by atoms with Crippen LogP contribution in [0.5, 0.6) is 0 Å². The van der Waals surface area contributed by atoms with E-state index in [1.54, 1.807) is 20.8 Å². The van der Waals surface area contributed by atoms with Crippen LogP contribution in [0.1, 0.15) is 37.5 Å². The van der Waals surface area contributed by atoms with Crippen molar-refractivity contribution in [2.24, 2.45) is 0 Å². The molecule has 0 saturated carbocycles. The number of aliphatic carboxylic acids is 1. The maximum atomic E-state index is 12.1. The highest BCUT2D eigenvalue weighted by molar-refractivity contribution is 5.80. The van der Waals surface area contributed by atoms with Crippen molar-refractivity contribution in [3.05, 3.63) is 89.5 Å². The van der Waals surface area contributed by atoms with Gasteiger partial charge in [0, 0.05) is 23.5 Å². The normalized spacial score (nSPS) is 12.0. The van der Waals surface area contributed by atoms with E-state index in [1.165, 1.54) is 11.1 Å². The highest BCUT2D eigenvalue weighted by atomic mass is 16.6. The first kappa shape index (κ1) is 24.8. The topological polar surface area (TPSA) is 78.9 Å². The quantitative estimate of drug-likeness (QED) is 0.433. The van der Waals surface area contributed by atoms with Crippen LogP contribution in [-0.4, -0.2) is 28.8 Å². The van der Waals surface area contributed by atoms with Crippen LogP contribution in [-0.2, 0) is 16.0 Å². The van der Waals surface area contributed by atoms with Gasteiger partial charge in [0.1, 0.15) is 11.6 Å². The Labute approximate surface area is 201 Å². The van der Waals surface area contributed by atoms with Crippen LogP contribution in [0.2, 0.25) is 0 Å². The maximum Gasteiger partial charge on any atom is 0.408 e. The Morgan fingerprint density at radius 3 is 1.62 bits per heavy atom. The van der Waals surface area contributed by atoms with Gasteiger partial charge in [-0.05, 0) is 76.6 Å². The highest BCUT2D eigenvalue weighted by Gasteiger charge is 2.24. The molecule has 0 bridgehead atoms. The number of rotatable bonds is 7. The summed E-state index contributed by atoms with van der Waals surface area (Å²) in [5, 5.41) is 12.0. The van der Waals surface area contributed by atoms with E-state index in [9.17, 15) is 14.7 Å². The number of anilines is 3. The standard InChI is InChI=1S/C28H32N2O4/c1-19-6-12-22(13-7-19)30(23-14-8-20(2)9-15-23)24-16-10-21(11-17-24)18-25(26(31)32)29-27(33)34-28(3,4)5/h6-17,25H,18H2,1-5H3,(H,29,33)(H,31,32). The van der Waals surface area contributed by atoms with Crippen molar-refractivity contribution in [1.82, 2.24) is 5.32 Å². The SMILES string of the molecule is Cc1ccc(N(c2ccc(C)cc2)c2ccc(CC(NC(=O)OC(C)(C)C)C(=O)O)cc2)cc1. The fourth-order valence-electron chi connectivity index (χ4n) is 3.50. The van der Waals surface area contributed by atoms with E-state index in [0.717, 1.165) is 22.6 Å². The zero-order valence-corrected chi connectivity index (χ0v) is 20.3. The van der Waals surface area contributed by atoms with Crippen molar-refractivity contribution in [2.75, 3.05) is 4.90 Å². The van der Waals surface area contributed by atoms with Gasteiger partial charge in [-0.15, -0.1) is 0 Å². The predicted molar refractivity (Wildman–Crippen MR) is 135 cm³/mol. The molecular weight excluding hydrogens is 428 g/mol. The minimum Gasteiger partial charge on any atom is -0.480 e. The third kappa shape index (κ3) is 6.85. The molecule has 0 radical (unpaired) electrons. The van der Waals surface area contributed by atoms with Gasteiger partial charge in [0.25, 0.3) is 0 Å². The Morgan fingerprint density at radius 1 is 0.824 bits per heavy atom. The largest absolute Gasteiger partial charge is 0.480 e. The van der Waals surface area contributed by atoms with Crippen molar-refractivity contribution in [3.8, 4) is 0 Å². The third-order valence-electron chi connectivity index (χ3n) is 5.21. The average Bonchev–Trinajstić information content (AvgIpc) is 2.76. The summed E-state index contributed by atoms with van der Waals surface area (Å²) in [6.07, 6.45) is -0.606. The maximum absolute atomic E-state index is 12.1. The summed E-state index contributed by atoms with van der Waals surface area (Å²) in [5.74, 6) is -1.11. The number of nitrogens with zero attached hydrogens (tertiary/aromatic N) is 1. The summed E-state index contributed by atoms with van der Waals surface area (Å²) < 4.78 is 5.20. The Morgan fingerprint density at radius 2 is 1.24 bits per heavy atom. The summed E-state index contributed by atoms with van der Waals surface area (Å²) in [4.78, 5) is 25.9. The molecule has 1 atom stereocenters. The van der Waals surface area contributed by atoms with Crippen LogP contribution in [0.3, 0.4) is 0 Å². The fourth-order valence-corrected chi connectivity index (χ4v) is 3.50. The number of hydrogen-bond acceptors (Lipinski definition) is 4. The van der Waals surface area contributed by atoms with Gasteiger partial charge in [-0.25, -0.2) is 9.59 Å². The van der Waals surface area contributed by atoms with Gasteiger partial charge < -0.3 is 20.1 Å². The zero-order chi connectivity index (χ0) is 24.9. The number of hydrogen-bond donors (Lipinski definition) is 2. The van der Waals surface area contributed by atoms with Gasteiger partial charge in [-0.1, -0.05) is 47.5 Å². The molecule has 0 aliphatic carbocycles. The molecule has 34 heavy (non-hydrogen) atoms. The average molecular weight is 461 g/mol. The molecule has 6 heteroatoms. The number of carboxylic acids is 1. The second-order valence-electron chi connectivity index (χ2n) is 9.41. The molecule has 2 N–H and O–H groups in total. The van der Waals surface area contributed by atoms with Crippen LogP contribution in [0, 0.1) is 13.8 Å². The molecule has 3 aromatic rings. The second kappa shape index (κ2) is 10.4. The summed E-state index contributed by atoms with van der Waals surface area (Å²) in [5.41, 5.74) is 5.45. The van der Waals surface area contributed by atoms with E-state index in [2.05, 4.69) is 72.6 Å². The van der Waals surface area contributed by atoms with Crippen LogP contribution in [0.15, 0.2) is 72.8 Å². The molecule has 0 aliphatic rings. The van der Waals surface area contributed by atoms with Gasteiger partial charge in [-0.3, -0.25) is 0 Å². The van der Waals surface area contributed by atoms with E-state index in [-0.39, 0.29) is 6.42 Å². The number of nitrogens with one attached hydrogen (secondary N) is 1. The van der Waals surface area contributed by atoms with Crippen LogP contribution >= 0.6 is 0 Å². The summed E-state index contributed by atoms with van der Waals surface area (Å²) in [7, 11) is 0. The fraction of sp³-hybridized carbons (Fsp3) is 0.286. The predicted octanol–water partition coefficient (Wildman–Crippen LogP) is 6.29. The number of alkyl carbamates (subject to hydrolysis) is 1. The first-order valence-electron chi connectivity index (χ1n) is 11.3. The summed E-state index contributed by atoms with van der Waals surface area (Å²) >= 11 is 0. The molecule has 1 amide bonds. The van der Waals surface area contributed by atoms with Crippen molar-refractivity contribution in [1.29, 1.82) is 0 Å². The van der Waals surface area contributed by atoms with Gasteiger partial charge in [0.15, 0.2) is 0 Å². The van der Waals surface area contributed by atoms with Crippen LogP contribution in [0.25, 0.3) is 0 Å². The molecule has 3 aromatic carbocycles.